The van der Waals surface area contributed by atoms with Crippen LogP contribution in [-0.2, 0) is 4.74 Å². The van der Waals surface area contributed by atoms with Gasteiger partial charge in [0.2, 0.25) is 0 Å². The molecule has 2 atom stereocenters. The maximum atomic E-state index is 5.93. The summed E-state index contributed by atoms with van der Waals surface area (Å²) in [5.41, 5.74) is 7.07. The van der Waals surface area contributed by atoms with Crippen molar-refractivity contribution in [3.05, 3.63) is 29.8 Å². The van der Waals surface area contributed by atoms with Crippen molar-refractivity contribution in [2.24, 2.45) is 10.7 Å². The second kappa shape index (κ2) is 9.27. The van der Waals surface area contributed by atoms with Crippen molar-refractivity contribution in [3.8, 4) is 5.75 Å². The van der Waals surface area contributed by atoms with Gasteiger partial charge in [-0.1, -0.05) is 12.1 Å². The largest absolute Gasteiger partial charge is 0.497 e. The third-order valence-electron chi connectivity index (χ3n) is 3.35. The number of rotatable bonds is 8. The molecule has 0 aliphatic carbocycles. The summed E-state index contributed by atoms with van der Waals surface area (Å²) in [6, 6.07) is 8.27. The van der Waals surface area contributed by atoms with Crippen LogP contribution in [0, 0.1) is 0 Å². The summed E-state index contributed by atoms with van der Waals surface area (Å²) in [5.74, 6) is 1.27. The molecule has 0 saturated heterocycles. The van der Waals surface area contributed by atoms with Crippen LogP contribution in [0.3, 0.4) is 0 Å². The van der Waals surface area contributed by atoms with E-state index < -0.39 is 0 Å². The fourth-order valence-electron chi connectivity index (χ4n) is 2.19. The lowest BCUT2D eigenvalue weighted by Gasteiger charge is -2.24. The van der Waals surface area contributed by atoms with E-state index in [-0.39, 0.29) is 12.1 Å². The predicted molar refractivity (Wildman–Crippen MR) is 90.4 cm³/mol. The Morgan fingerprint density at radius 2 is 2.09 bits per heavy atom. The normalized spacial score (nSPS) is 14.7. The molecule has 0 spiro atoms. The van der Waals surface area contributed by atoms with Crippen LogP contribution in [0.2, 0.25) is 0 Å². The number of guanidine groups is 1. The minimum absolute atomic E-state index is 0.128. The lowest BCUT2D eigenvalue weighted by molar-refractivity contribution is 0.179. The quantitative estimate of drug-likeness (QED) is 0.558. The molecular formula is C16H28N4O2. The molecule has 1 aromatic carbocycles. The van der Waals surface area contributed by atoms with Gasteiger partial charge in [-0.25, -0.2) is 0 Å². The van der Waals surface area contributed by atoms with Gasteiger partial charge in [0, 0.05) is 13.2 Å². The average molecular weight is 308 g/mol. The number of hydrogen-bond acceptors (Lipinski definition) is 4. The Morgan fingerprint density at radius 3 is 2.68 bits per heavy atom. The molecule has 0 fully saturated rings. The number of methoxy groups -OCH3 is 2. The predicted octanol–water partition coefficient (Wildman–Crippen LogP) is 1.24. The van der Waals surface area contributed by atoms with E-state index in [4.69, 9.17) is 15.2 Å². The average Bonchev–Trinajstić information content (AvgIpc) is 2.47. The molecule has 0 amide bonds. The highest BCUT2D eigenvalue weighted by Gasteiger charge is 2.14. The molecule has 0 radical (unpaired) electrons. The van der Waals surface area contributed by atoms with Crippen molar-refractivity contribution >= 4 is 5.96 Å². The highest BCUT2D eigenvalue weighted by atomic mass is 16.5. The molecule has 1 aromatic rings. The number of nitrogens with one attached hydrogen (secondary N) is 1. The van der Waals surface area contributed by atoms with Crippen LogP contribution in [0.25, 0.3) is 0 Å². The lowest BCUT2D eigenvalue weighted by Crippen LogP contribution is -2.41. The van der Waals surface area contributed by atoms with E-state index in [0.29, 0.717) is 19.1 Å². The van der Waals surface area contributed by atoms with Gasteiger partial charge >= 0.3 is 0 Å². The van der Waals surface area contributed by atoms with Crippen LogP contribution >= 0.6 is 0 Å². The monoisotopic (exact) mass is 308 g/mol. The molecule has 0 aliphatic heterocycles. The van der Waals surface area contributed by atoms with E-state index in [1.165, 1.54) is 0 Å². The van der Waals surface area contributed by atoms with Gasteiger partial charge in [0.15, 0.2) is 5.96 Å². The molecule has 2 unspecified atom stereocenters. The third kappa shape index (κ3) is 5.91. The van der Waals surface area contributed by atoms with Crippen molar-refractivity contribution in [2.75, 3.05) is 41.5 Å². The van der Waals surface area contributed by atoms with E-state index in [0.717, 1.165) is 11.3 Å². The molecule has 0 heterocycles. The number of nitrogens with zero attached hydrogens (tertiary/aromatic N) is 2. The van der Waals surface area contributed by atoms with E-state index in [9.17, 15) is 0 Å². The Hall–Kier alpha value is -1.79. The second-order valence-corrected chi connectivity index (χ2v) is 5.48. The fraction of sp³-hybridized carbons (Fsp3) is 0.562. The van der Waals surface area contributed by atoms with E-state index in [1.807, 2.05) is 39.2 Å². The first kappa shape index (κ1) is 18.3. The van der Waals surface area contributed by atoms with E-state index in [2.05, 4.69) is 21.3 Å². The Bertz CT molecular complexity index is 477. The SMILES string of the molecule is COCC(C)NC(N)=NCC(c1cccc(OC)c1)N(C)C. The highest BCUT2D eigenvalue weighted by molar-refractivity contribution is 5.78. The van der Waals surface area contributed by atoms with Crippen molar-refractivity contribution in [1.82, 2.24) is 10.2 Å². The Balaban J connectivity index is 2.75. The first-order chi connectivity index (χ1) is 10.5. The zero-order valence-electron chi connectivity index (χ0n) is 14.2. The molecule has 3 N–H and O–H groups in total. The van der Waals surface area contributed by atoms with Gasteiger partial charge in [-0.15, -0.1) is 0 Å². The second-order valence-electron chi connectivity index (χ2n) is 5.48. The summed E-state index contributed by atoms with van der Waals surface area (Å²) in [4.78, 5) is 6.56. The maximum absolute atomic E-state index is 5.93. The van der Waals surface area contributed by atoms with Gasteiger partial charge in [0.1, 0.15) is 5.75 Å². The number of nitrogens with two attached hydrogens (primary N) is 1. The van der Waals surface area contributed by atoms with Crippen LogP contribution < -0.4 is 15.8 Å². The molecule has 1 rings (SSSR count). The zero-order chi connectivity index (χ0) is 16.5. The van der Waals surface area contributed by atoms with Crippen LogP contribution in [0.15, 0.2) is 29.3 Å². The molecular weight excluding hydrogens is 280 g/mol. The highest BCUT2D eigenvalue weighted by Crippen LogP contribution is 2.22. The Labute approximate surface area is 133 Å². The van der Waals surface area contributed by atoms with E-state index >= 15 is 0 Å². The van der Waals surface area contributed by atoms with Crippen LogP contribution in [0.5, 0.6) is 5.75 Å². The number of ether oxygens (including phenoxy) is 2. The molecule has 0 bridgehead atoms. The van der Waals surface area contributed by atoms with Gasteiger partial charge in [-0.3, -0.25) is 4.99 Å². The summed E-state index contributed by atoms with van der Waals surface area (Å²) >= 11 is 0. The van der Waals surface area contributed by atoms with Gasteiger partial charge in [0.05, 0.1) is 26.3 Å². The first-order valence-corrected chi connectivity index (χ1v) is 7.33. The summed E-state index contributed by atoms with van der Waals surface area (Å²) in [5, 5.41) is 3.11. The molecule has 22 heavy (non-hydrogen) atoms. The smallest absolute Gasteiger partial charge is 0.188 e. The number of likely N-dealkylation sites (N-methyl/N-ethyl adjacent to an activating group) is 1. The molecule has 6 nitrogen and oxygen atoms in total. The van der Waals surface area contributed by atoms with Crippen molar-refractivity contribution in [3.63, 3.8) is 0 Å². The Morgan fingerprint density at radius 1 is 1.36 bits per heavy atom. The number of hydrogen-bond donors (Lipinski definition) is 2. The number of aliphatic imine (C=N–C) groups is 1. The van der Waals surface area contributed by atoms with Gasteiger partial charge in [0.25, 0.3) is 0 Å². The van der Waals surface area contributed by atoms with Crippen LogP contribution in [0.1, 0.15) is 18.5 Å². The minimum atomic E-state index is 0.128. The molecule has 0 aliphatic rings. The number of benzene rings is 1. The Kier molecular flexibility index (Phi) is 7.70. The summed E-state index contributed by atoms with van der Waals surface area (Å²) in [6.45, 7) is 3.15. The molecule has 6 heteroatoms. The third-order valence-corrected chi connectivity index (χ3v) is 3.35. The standard InChI is InChI=1S/C16H28N4O2/c1-12(11-21-4)19-16(17)18-10-15(20(2)3)13-7-6-8-14(9-13)22-5/h6-9,12,15H,10-11H2,1-5H3,(H3,17,18,19). The first-order valence-electron chi connectivity index (χ1n) is 7.33. The maximum Gasteiger partial charge on any atom is 0.188 e. The van der Waals surface area contributed by atoms with Crippen molar-refractivity contribution in [1.29, 1.82) is 0 Å². The lowest BCUT2D eigenvalue weighted by atomic mass is 10.1. The fourth-order valence-corrected chi connectivity index (χ4v) is 2.19. The summed E-state index contributed by atoms with van der Waals surface area (Å²) in [6.07, 6.45) is 0. The summed E-state index contributed by atoms with van der Waals surface area (Å²) < 4.78 is 10.4. The van der Waals surface area contributed by atoms with Gasteiger partial charge in [-0.05, 0) is 38.7 Å². The van der Waals surface area contributed by atoms with Crippen LogP contribution in [-0.4, -0.2) is 58.4 Å². The van der Waals surface area contributed by atoms with Gasteiger partial charge in [-0.2, -0.15) is 0 Å². The molecule has 0 aromatic heterocycles. The van der Waals surface area contributed by atoms with E-state index in [1.54, 1.807) is 14.2 Å². The topological polar surface area (TPSA) is 72.1 Å². The van der Waals surface area contributed by atoms with Gasteiger partial charge < -0.3 is 25.4 Å². The van der Waals surface area contributed by atoms with Crippen LogP contribution in [0.4, 0.5) is 0 Å². The summed E-state index contributed by atoms with van der Waals surface area (Å²) in [7, 11) is 7.38. The van der Waals surface area contributed by atoms with Crippen molar-refractivity contribution in [2.45, 2.75) is 19.0 Å². The van der Waals surface area contributed by atoms with Crippen molar-refractivity contribution < 1.29 is 9.47 Å². The zero-order valence-corrected chi connectivity index (χ0v) is 14.2. The molecule has 124 valence electrons. The molecule has 0 saturated carbocycles. The minimum Gasteiger partial charge on any atom is -0.497 e.